The molecule has 0 saturated carbocycles. The Bertz CT molecular complexity index is 1270. The maximum absolute atomic E-state index is 12.9. The molecule has 2 N–H and O–H groups in total. The Morgan fingerprint density at radius 2 is 2.03 bits per heavy atom. The monoisotopic (exact) mass is 503 g/mol. The SMILES string of the molecule is COc1ccccc1C(C)CC(=O)Nc1sc2c(c1C#N)CCN(C(=O)NCCc1ccncc1)C2. The van der Waals surface area contributed by atoms with E-state index in [2.05, 4.69) is 21.7 Å². The third kappa shape index (κ3) is 5.83. The highest BCUT2D eigenvalue weighted by atomic mass is 32.1. The molecule has 0 aliphatic carbocycles. The van der Waals surface area contributed by atoms with E-state index in [1.165, 1.54) is 11.3 Å². The van der Waals surface area contributed by atoms with Gasteiger partial charge in [-0.3, -0.25) is 9.78 Å². The second kappa shape index (κ2) is 11.7. The molecule has 1 atom stereocenters. The van der Waals surface area contributed by atoms with E-state index in [-0.39, 0.29) is 24.3 Å². The standard InChI is InChI=1S/C27H29N5O3S/c1-18(20-5-3-4-6-23(20)35-2)15-25(33)31-26-22(16-28)21-10-14-32(17-24(21)36-26)27(34)30-13-9-19-7-11-29-12-8-19/h3-8,11-12,18H,9-10,13-15,17H2,1-2H3,(H,30,34)(H,31,33). The molecule has 36 heavy (non-hydrogen) atoms. The summed E-state index contributed by atoms with van der Waals surface area (Å²) in [5.74, 6) is 0.545. The Hall–Kier alpha value is -3.90. The summed E-state index contributed by atoms with van der Waals surface area (Å²) in [6, 6.07) is 13.7. The predicted molar refractivity (Wildman–Crippen MR) is 139 cm³/mol. The summed E-state index contributed by atoms with van der Waals surface area (Å²) in [5.41, 5.74) is 3.51. The number of anilines is 1. The number of aromatic nitrogens is 1. The number of pyridine rings is 1. The molecule has 0 saturated heterocycles. The number of rotatable bonds is 8. The summed E-state index contributed by atoms with van der Waals surface area (Å²) in [7, 11) is 1.62. The molecule has 3 heterocycles. The minimum absolute atomic E-state index is 0.0485. The summed E-state index contributed by atoms with van der Waals surface area (Å²) in [5, 5.41) is 16.3. The molecule has 0 spiro atoms. The number of thiophene rings is 1. The zero-order valence-electron chi connectivity index (χ0n) is 20.4. The van der Waals surface area contributed by atoms with Crippen LogP contribution in [-0.2, 0) is 24.2 Å². The van der Waals surface area contributed by atoms with Crippen LogP contribution in [0.3, 0.4) is 0 Å². The van der Waals surface area contributed by atoms with E-state index >= 15 is 0 Å². The van der Waals surface area contributed by atoms with Crippen LogP contribution in [0.1, 0.15) is 46.4 Å². The molecule has 1 aliphatic rings. The predicted octanol–water partition coefficient (Wildman–Crippen LogP) is 4.47. The lowest BCUT2D eigenvalue weighted by Gasteiger charge is -2.27. The lowest BCUT2D eigenvalue weighted by molar-refractivity contribution is -0.116. The van der Waals surface area contributed by atoms with Crippen molar-refractivity contribution in [3.8, 4) is 11.8 Å². The first-order valence-electron chi connectivity index (χ1n) is 11.9. The molecular weight excluding hydrogens is 474 g/mol. The number of amides is 3. The van der Waals surface area contributed by atoms with Crippen molar-refractivity contribution in [2.45, 2.75) is 38.6 Å². The van der Waals surface area contributed by atoms with E-state index in [9.17, 15) is 14.9 Å². The normalized spacial score (nSPS) is 13.3. The van der Waals surface area contributed by atoms with Crippen molar-refractivity contribution in [1.29, 1.82) is 5.26 Å². The van der Waals surface area contributed by atoms with Gasteiger partial charge in [0.2, 0.25) is 5.91 Å². The van der Waals surface area contributed by atoms with Crippen LogP contribution in [0.5, 0.6) is 5.75 Å². The van der Waals surface area contributed by atoms with Gasteiger partial charge < -0.3 is 20.3 Å². The summed E-state index contributed by atoms with van der Waals surface area (Å²) in [6.07, 6.45) is 5.05. The zero-order valence-corrected chi connectivity index (χ0v) is 21.2. The average molecular weight is 504 g/mol. The molecule has 2 aromatic heterocycles. The molecule has 3 amide bonds. The van der Waals surface area contributed by atoms with Gasteiger partial charge in [-0.2, -0.15) is 5.26 Å². The first kappa shape index (κ1) is 25.2. The summed E-state index contributed by atoms with van der Waals surface area (Å²) < 4.78 is 5.42. The number of para-hydroxylation sites is 1. The number of urea groups is 1. The van der Waals surface area contributed by atoms with Gasteiger partial charge in [0.1, 0.15) is 16.8 Å². The number of hydrogen-bond donors (Lipinski definition) is 2. The highest BCUT2D eigenvalue weighted by Gasteiger charge is 2.28. The van der Waals surface area contributed by atoms with Crippen LogP contribution in [0.25, 0.3) is 0 Å². The molecule has 3 aromatic rings. The van der Waals surface area contributed by atoms with Gasteiger partial charge in [-0.15, -0.1) is 11.3 Å². The van der Waals surface area contributed by atoms with Gasteiger partial charge in [0.15, 0.2) is 0 Å². The Labute approximate surface area is 214 Å². The smallest absolute Gasteiger partial charge is 0.317 e. The van der Waals surface area contributed by atoms with Crippen molar-refractivity contribution in [3.63, 3.8) is 0 Å². The van der Waals surface area contributed by atoms with Gasteiger partial charge in [-0.1, -0.05) is 25.1 Å². The molecule has 8 nitrogen and oxygen atoms in total. The molecule has 0 fully saturated rings. The Balaban J connectivity index is 1.36. The summed E-state index contributed by atoms with van der Waals surface area (Å²) in [4.78, 5) is 32.3. The second-order valence-electron chi connectivity index (χ2n) is 8.72. The van der Waals surface area contributed by atoms with E-state index in [0.29, 0.717) is 36.6 Å². The molecular formula is C27H29N5O3S. The van der Waals surface area contributed by atoms with E-state index in [1.807, 2.05) is 43.3 Å². The van der Waals surface area contributed by atoms with Crippen LogP contribution in [0.2, 0.25) is 0 Å². The highest BCUT2D eigenvalue weighted by Crippen LogP contribution is 2.37. The van der Waals surface area contributed by atoms with Crippen LogP contribution in [0.4, 0.5) is 9.80 Å². The van der Waals surface area contributed by atoms with E-state index in [0.717, 1.165) is 33.7 Å². The van der Waals surface area contributed by atoms with E-state index in [1.54, 1.807) is 24.4 Å². The van der Waals surface area contributed by atoms with Crippen molar-refractivity contribution in [2.24, 2.45) is 0 Å². The second-order valence-corrected chi connectivity index (χ2v) is 9.83. The lowest BCUT2D eigenvalue weighted by atomic mass is 9.96. The number of methoxy groups -OCH3 is 1. The number of hydrogen-bond acceptors (Lipinski definition) is 6. The van der Waals surface area contributed by atoms with Crippen molar-refractivity contribution in [3.05, 3.63) is 75.9 Å². The van der Waals surface area contributed by atoms with Gasteiger partial charge in [-0.25, -0.2) is 4.79 Å². The van der Waals surface area contributed by atoms with Crippen molar-refractivity contribution < 1.29 is 14.3 Å². The van der Waals surface area contributed by atoms with Crippen LogP contribution in [0.15, 0.2) is 48.8 Å². The molecule has 9 heteroatoms. The molecule has 1 aromatic carbocycles. The average Bonchev–Trinajstić information content (AvgIpc) is 3.24. The number of nitrogens with one attached hydrogen (secondary N) is 2. The third-order valence-corrected chi connectivity index (χ3v) is 7.44. The number of carbonyl (C=O) groups is 2. The minimum Gasteiger partial charge on any atom is -0.496 e. The van der Waals surface area contributed by atoms with Gasteiger partial charge >= 0.3 is 6.03 Å². The van der Waals surface area contributed by atoms with Gasteiger partial charge in [0.05, 0.1) is 19.2 Å². The number of nitriles is 1. The van der Waals surface area contributed by atoms with Crippen LogP contribution >= 0.6 is 11.3 Å². The van der Waals surface area contributed by atoms with Gasteiger partial charge in [0.25, 0.3) is 0 Å². The fraction of sp³-hybridized carbons (Fsp3) is 0.333. The van der Waals surface area contributed by atoms with E-state index in [4.69, 9.17) is 4.74 Å². The third-order valence-electron chi connectivity index (χ3n) is 6.31. The number of ether oxygens (including phenoxy) is 1. The van der Waals surface area contributed by atoms with Crippen molar-refractivity contribution in [2.75, 3.05) is 25.5 Å². The summed E-state index contributed by atoms with van der Waals surface area (Å²) in [6.45, 7) is 3.46. The Kier molecular flexibility index (Phi) is 8.18. The zero-order chi connectivity index (χ0) is 25.5. The largest absolute Gasteiger partial charge is 0.496 e. The molecule has 4 rings (SSSR count). The molecule has 0 bridgehead atoms. The fourth-order valence-electron chi connectivity index (χ4n) is 4.40. The van der Waals surface area contributed by atoms with Crippen LogP contribution in [-0.4, -0.2) is 42.0 Å². The number of carbonyl (C=O) groups excluding carboxylic acids is 2. The quantitative estimate of drug-likeness (QED) is 0.472. The fourth-order valence-corrected chi connectivity index (χ4v) is 5.63. The topological polar surface area (TPSA) is 107 Å². The first-order valence-corrected chi connectivity index (χ1v) is 12.7. The van der Waals surface area contributed by atoms with E-state index < -0.39 is 0 Å². The highest BCUT2D eigenvalue weighted by molar-refractivity contribution is 7.16. The summed E-state index contributed by atoms with van der Waals surface area (Å²) >= 11 is 1.38. The van der Waals surface area contributed by atoms with Crippen molar-refractivity contribution in [1.82, 2.24) is 15.2 Å². The molecule has 186 valence electrons. The maximum atomic E-state index is 12.9. The number of nitrogens with zero attached hydrogens (tertiary/aromatic N) is 3. The van der Waals surface area contributed by atoms with Gasteiger partial charge in [-0.05, 0) is 53.6 Å². The van der Waals surface area contributed by atoms with Crippen LogP contribution < -0.4 is 15.4 Å². The molecule has 1 aliphatic heterocycles. The van der Waals surface area contributed by atoms with Crippen molar-refractivity contribution >= 4 is 28.3 Å². The minimum atomic E-state index is -0.158. The molecule has 1 unspecified atom stereocenters. The van der Waals surface area contributed by atoms with Crippen LogP contribution in [0, 0.1) is 11.3 Å². The first-order chi connectivity index (χ1) is 17.5. The Morgan fingerprint density at radius 1 is 1.25 bits per heavy atom. The Morgan fingerprint density at radius 3 is 2.78 bits per heavy atom. The maximum Gasteiger partial charge on any atom is 0.317 e. The molecule has 0 radical (unpaired) electrons. The number of fused-ring (bicyclic) bond motifs is 1. The number of benzene rings is 1. The van der Waals surface area contributed by atoms with Gasteiger partial charge in [0, 0.05) is 36.8 Å². The lowest BCUT2D eigenvalue weighted by Crippen LogP contribution is -2.43.